The highest BCUT2D eigenvalue weighted by molar-refractivity contribution is 5.97. The Kier molecular flexibility index (Phi) is 6.77. The fraction of sp³-hybridized carbons (Fsp3) is 0.174. The molecule has 14 heteroatoms. The third-order valence-electron chi connectivity index (χ3n) is 5.08. The van der Waals surface area contributed by atoms with Crippen molar-refractivity contribution in [3.63, 3.8) is 0 Å². The first kappa shape index (κ1) is 27.9. The fourth-order valence-corrected chi connectivity index (χ4v) is 3.46. The maximum absolute atomic E-state index is 13.3. The third kappa shape index (κ3) is 6.00. The Morgan fingerprint density at radius 1 is 0.486 bits per heavy atom. The van der Waals surface area contributed by atoms with Crippen LogP contribution in [0, 0.1) is 0 Å². The Morgan fingerprint density at radius 3 is 0.973 bits per heavy atom. The average molecular weight is 546 g/mol. The Bertz CT molecular complexity index is 1180. The van der Waals surface area contributed by atoms with Crippen molar-refractivity contribution in [2.45, 2.75) is 24.7 Å². The molecule has 0 aliphatic carbocycles. The number of halogens is 12. The lowest BCUT2D eigenvalue weighted by Gasteiger charge is -2.18. The molecule has 0 radical (unpaired) electrons. The van der Waals surface area contributed by atoms with Crippen LogP contribution in [-0.2, 0) is 24.7 Å². The van der Waals surface area contributed by atoms with Crippen molar-refractivity contribution in [3.8, 4) is 28.0 Å². The lowest BCUT2D eigenvalue weighted by atomic mass is 9.89. The number of aldehydes is 1. The van der Waals surface area contributed by atoms with E-state index >= 15 is 0 Å². The molecule has 3 aromatic rings. The third-order valence-corrected chi connectivity index (χ3v) is 5.08. The number of phenols is 1. The van der Waals surface area contributed by atoms with Crippen LogP contribution in [0.4, 0.5) is 52.7 Å². The summed E-state index contributed by atoms with van der Waals surface area (Å²) in [6.07, 6.45) is -21.4. The van der Waals surface area contributed by atoms with Crippen LogP contribution in [0.5, 0.6) is 5.75 Å². The Hall–Kier alpha value is -3.71. The summed E-state index contributed by atoms with van der Waals surface area (Å²) >= 11 is 0. The molecule has 0 saturated heterocycles. The molecule has 3 aromatic carbocycles. The van der Waals surface area contributed by atoms with Gasteiger partial charge >= 0.3 is 24.7 Å². The average Bonchev–Trinajstić information content (AvgIpc) is 2.75. The zero-order chi connectivity index (χ0) is 28.1. The second kappa shape index (κ2) is 8.99. The van der Waals surface area contributed by atoms with Crippen molar-refractivity contribution >= 4 is 6.29 Å². The molecule has 198 valence electrons. The monoisotopic (exact) mass is 546 g/mol. The van der Waals surface area contributed by atoms with E-state index in [-0.39, 0.29) is 42.7 Å². The van der Waals surface area contributed by atoms with Crippen LogP contribution in [0.1, 0.15) is 32.6 Å². The second-order valence-electron chi connectivity index (χ2n) is 7.66. The minimum atomic E-state index is -5.31. The van der Waals surface area contributed by atoms with E-state index in [1.807, 2.05) is 0 Å². The van der Waals surface area contributed by atoms with Crippen LogP contribution in [0.3, 0.4) is 0 Å². The van der Waals surface area contributed by atoms with E-state index in [0.717, 1.165) is 0 Å². The summed E-state index contributed by atoms with van der Waals surface area (Å²) in [6, 6.07) is 1.42. The molecule has 37 heavy (non-hydrogen) atoms. The van der Waals surface area contributed by atoms with Gasteiger partial charge in [-0.1, -0.05) is 0 Å². The van der Waals surface area contributed by atoms with Crippen molar-refractivity contribution in [2.24, 2.45) is 0 Å². The highest BCUT2D eigenvalue weighted by atomic mass is 19.4. The molecule has 3 rings (SSSR count). The van der Waals surface area contributed by atoms with E-state index in [4.69, 9.17) is 0 Å². The number of carbonyl (C=O) groups is 1. The summed E-state index contributed by atoms with van der Waals surface area (Å²) in [5.41, 5.74) is -11.5. The van der Waals surface area contributed by atoms with Crippen molar-refractivity contribution < 1.29 is 62.6 Å². The molecule has 0 saturated carbocycles. The predicted octanol–water partition coefficient (Wildman–Crippen LogP) is 8.61. The van der Waals surface area contributed by atoms with Gasteiger partial charge in [0.15, 0.2) is 6.29 Å². The molecular weight excluding hydrogens is 536 g/mol. The highest BCUT2D eigenvalue weighted by Crippen LogP contribution is 2.44. The van der Waals surface area contributed by atoms with Gasteiger partial charge in [0.2, 0.25) is 0 Å². The molecule has 0 aliphatic heterocycles. The van der Waals surface area contributed by atoms with Gasteiger partial charge in [0.1, 0.15) is 5.75 Å². The number of rotatable bonds is 3. The van der Waals surface area contributed by atoms with Gasteiger partial charge in [-0.25, -0.2) is 0 Å². The first-order valence-electron chi connectivity index (χ1n) is 9.63. The zero-order valence-electron chi connectivity index (χ0n) is 17.6. The minimum absolute atomic E-state index is 0.175. The number of carbonyl (C=O) groups excluding carboxylic acids is 1. The summed E-state index contributed by atoms with van der Waals surface area (Å²) in [4.78, 5) is 11.9. The van der Waals surface area contributed by atoms with Gasteiger partial charge in [-0.3, -0.25) is 4.79 Å². The van der Waals surface area contributed by atoms with Gasteiger partial charge in [-0.05, 0) is 70.8 Å². The van der Waals surface area contributed by atoms with Gasteiger partial charge in [0.25, 0.3) is 0 Å². The first-order valence-corrected chi connectivity index (χ1v) is 9.63. The van der Waals surface area contributed by atoms with E-state index in [1.165, 1.54) is 0 Å². The SMILES string of the molecule is O=Cc1c(-c2cc(C(F)(F)F)cc(C(F)(F)F)c2)cc(O)cc1-c1cc(C(F)(F)F)cc(C(F)(F)F)c1. The minimum Gasteiger partial charge on any atom is -0.508 e. The Balaban J connectivity index is 2.41. The number of hydrogen-bond acceptors (Lipinski definition) is 2. The molecule has 2 nitrogen and oxygen atoms in total. The number of phenolic OH excluding ortho intramolecular Hbond substituents is 1. The maximum Gasteiger partial charge on any atom is 0.416 e. The van der Waals surface area contributed by atoms with Crippen LogP contribution in [-0.4, -0.2) is 11.4 Å². The van der Waals surface area contributed by atoms with Crippen molar-refractivity contribution in [3.05, 3.63) is 76.3 Å². The molecule has 0 bridgehead atoms. The Labute approximate surface area is 198 Å². The summed E-state index contributed by atoms with van der Waals surface area (Å²) in [7, 11) is 0. The topological polar surface area (TPSA) is 37.3 Å². The molecule has 1 N–H and O–H groups in total. The van der Waals surface area contributed by atoms with Gasteiger partial charge < -0.3 is 5.11 Å². The number of hydrogen-bond donors (Lipinski definition) is 1. The van der Waals surface area contributed by atoms with E-state index in [2.05, 4.69) is 0 Å². The van der Waals surface area contributed by atoms with Crippen LogP contribution in [0.2, 0.25) is 0 Å². The van der Waals surface area contributed by atoms with Gasteiger partial charge in [0.05, 0.1) is 22.3 Å². The smallest absolute Gasteiger partial charge is 0.416 e. The quantitative estimate of drug-likeness (QED) is 0.264. The number of benzene rings is 3. The fourth-order valence-electron chi connectivity index (χ4n) is 3.46. The summed E-state index contributed by atoms with van der Waals surface area (Å²) < 4.78 is 159. The van der Waals surface area contributed by atoms with E-state index < -0.39 is 80.5 Å². The molecule has 0 spiro atoms. The summed E-state index contributed by atoms with van der Waals surface area (Å²) in [6.45, 7) is 0. The second-order valence-corrected chi connectivity index (χ2v) is 7.66. The van der Waals surface area contributed by atoms with Crippen LogP contribution in [0.15, 0.2) is 48.5 Å². The lowest BCUT2D eigenvalue weighted by Crippen LogP contribution is -2.12. The normalized spacial score (nSPS) is 13.1. The van der Waals surface area contributed by atoms with Crippen LogP contribution >= 0.6 is 0 Å². The van der Waals surface area contributed by atoms with Crippen molar-refractivity contribution in [1.29, 1.82) is 0 Å². The van der Waals surface area contributed by atoms with Crippen molar-refractivity contribution in [2.75, 3.05) is 0 Å². The number of alkyl halides is 12. The van der Waals surface area contributed by atoms with Gasteiger partial charge in [-0.2, -0.15) is 52.7 Å². The van der Waals surface area contributed by atoms with Gasteiger partial charge in [-0.15, -0.1) is 0 Å². The van der Waals surface area contributed by atoms with E-state index in [0.29, 0.717) is 12.1 Å². The van der Waals surface area contributed by atoms with Crippen molar-refractivity contribution in [1.82, 2.24) is 0 Å². The largest absolute Gasteiger partial charge is 0.508 e. The highest BCUT2D eigenvalue weighted by Gasteiger charge is 2.39. The maximum atomic E-state index is 13.3. The Morgan fingerprint density at radius 2 is 0.757 bits per heavy atom. The molecule has 0 heterocycles. The molecule has 0 amide bonds. The zero-order valence-corrected chi connectivity index (χ0v) is 17.6. The molecule has 0 atom stereocenters. The standard InChI is InChI=1S/C23H10F12O2/c24-20(25,26)12-1-10(2-13(5-12)21(27,28)29)17-7-16(37)8-18(19(17)9-36)11-3-14(22(30,31)32)6-15(4-11)23(33,34)35/h1-9,37H. The first-order chi connectivity index (χ1) is 16.7. The molecule has 0 fully saturated rings. The molecule has 0 aliphatic rings. The predicted molar refractivity (Wildman–Crippen MR) is 104 cm³/mol. The van der Waals surface area contributed by atoms with Crippen LogP contribution in [0.25, 0.3) is 22.3 Å². The molecular formula is C23H10F12O2. The van der Waals surface area contributed by atoms with E-state index in [9.17, 15) is 62.6 Å². The molecule has 0 aromatic heterocycles. The summed E-state index contributed by atoms with van der Waals surface area (Å²) in [5, 5.41) is 10.0. The number of aromatic hydroxyl groups is 1. The summed E-state index contributed by atoms with van der Waals surface area (Å²) in [5.74, 6) is -0.965. The van der Waals surface area contributed by atoms with E-state index in [1.54, 1.807) is 0 Å². The van der Waals surface area contributed by atoms with Gasteiger partial charge in [0, 0.05) is 5.56 Å². The molecule has 0 unspecified atom stereocenters. The lowest BCUT2D eigenvalue weighted by molar-refractivity contribution is -0.144. The van der Waals surface area contributed by atoms with Crippen LogP contribution < -0.4 is 0 Å².